The van der Waals surface area contributed by atoms with E-state index in [9.17, 15) is 33.9 Å². The molecular weight excluding hydrogens is 470 g/mol. The average Bonchev–Trinajstić information content (AvgIpc) is 3.27. The Hall–Kier alpha value is -2.87. The number of thioether (sulfide) groups is 1. The molecule has 0 radical (unpaired) electrons. The lowest BCUT2D eigenvalue weighted by Crippen LogP contribution is -2.57. The standard InChI is InChI=1S/C20H33N5O8S/c1-34-10-8-13(19(31)25-9-2-3-14(25)20(32)33)24-18(30)12(5-7-16(27)28)23-17(29)11(21)4-6-15(22)26/h11-14H,2-10,21H2,1H3,(H2,22,26)(H,23,29)(H,24,30)(H,27,28)(H,32,33). The van der Waals surface area contributed by atoms with Gasteiger partial charge in [-0.05, 0) is 44.1 Å². The fourth-order valence-electron chi connectivity index (χ4n) is 3.50. The second kappa shape index (κ2) is 14.4. The molecule has 1 fully saturated rings. The van der Waals surface area contributed by atoms with Crippen LogP contribution in [-0.2, 0) is 28.8 Å². The molecule has 1 heterocycles. The Morgan fingerprint density at radius 1 is 1.00 bits per heavy atom. The first-order valence-corrected chi connectivity index (χ1v) is 12.3. The number of nitrogens with zero attached hydrogens (tertiary/aromatic N) is 1. The summed E-state index contributed by atoms with van der Waals surface area (Å²) in [6.07, 6.45) is 1.94. The molecular formula is C20H33N5O8S. The van der Waals surface area contributed by atoms with E-state index in [0.29, 0.717) is 18.6 Å². The van der Waals surface area contributed by atoms with Gasteiger partial charge in [0.2, 0.25) is 23.6 Å². The zero-order valence-electron chi connectivity index (χ0n) is 19.0. The summed E-state index contributed by atoms with van der Waals surface area (Å²) in [7, 11) is 0. The van der Waals surface area contributed by atoms with E-state index in [1.165, 1.54) is 16.7 Å². The Balaban J connectivity index is 2.97. The van der Waals surface area contributed by atoms with Gasteiger partial charge in [-0.25, -0.2) is 4.79 Å². The van der Waals surface area contributed by atoms with Crippen molar-refractivity contribution in [1.82, 2.24) is 15.5 Å². The highest BCUT2D eigenvalue weighted by molar-refractivity contribution is 7.98. The van der Waals surface area contributed by atoms with Crippen molar-refractivity contribution in [1.29, 1.82) is 0 Å². The average molecular weight is 504 g/mol. The normalized spacial score (nSPS) is 17.9. The van der Waals surface area contributed by atoms with Crippen LogP contribution in [0, 0.1) is 0 Å². The highest BCUT2D eigenvalue weighted by Gasteiger charge is 2.38. The molecule has 0 aliphatic carbocycles. The van der Waals surface area contributed by atoms with E-state index in [0.717, 1.165) is 0 Å². The smallest absolute Gasteiger partial charge is 0.326 e. The summed E-state index contributed by atoms with van der Waals surface area (Å²) in [4.78, 5) is 73.0. The first-order chi connectivity index (χ1) is 16.0. The minimum Gasteiger partial charge on any atom is -0.481 e. The Kier molecular flexibility index (Phi) is 12.4. The van der Waals surface area contributed by atoms with Gasteiger partial charge in [-0.1, -0.05) is 0 Å². The molecule has 4 amide bonds. The highest BCUT2D eigenvalue weighted by Crippen LogP contribution is 2.20. The molecule has 0 saturated carbocycles. The lowest BCUT2D eigenvalue weighted by atomic mass is 10.1. The van der Waals surface area contributed by atoms with E-state index in [4.69, 9.17) is 16.6 Å². The molecule has 1 aliphatic heterocycles. The fraction of sp³-hybridized carbons (Fsp3) is 0.700. The van der Waals surface area contributed by atoms with Crippen LogP contribution in [0.2, 0.25) is 0 Å². The molecule has 34 heavy (non-hydrogen) atoms. The number of primary amides is 1. The highest BCUT2D eigenvalue weighted by atomic mass is 32.2. The second-order valence-corrected chi connectivity index (χ2v) is 8.96. The molecule has 4 unspecified atom stereocenters. The first-order valence-electron chi connectivity index (χ1n) is 10.9. The van der Waals surface area contributed by atoms with Crippen LogP contribution in [-0.4, -0.2) is 93.4 Å². The van der Waals surface area contributed by atoms with Gasteiger partial charge in [-0.3, -0.25) is 24.0 Å². The molecule has 0 aromatic heterocycles. The van der Waals surface area contributed by atoms with Crippen molar-refractivity contribution >= 4 is 47.3 Å². The topological polar surface area (TPSA) is 222 Å². The van der Waals surface area contributed by atoms with Gasteiger partial charge in [-0.15, -0.1) is 0 Å². The lowest BCUT2D eigenvalue weighted by Gasteiger charge is -2.29. The number of carboxylic acid groups (broad SMARTS) is 2. The number of likely N-dealkylation sites (tertiary alicyclic amines) is 1. The molecule has 8 N–H and O–H groups in total. The third-order valence-corrected chi connectivity index (χ3v) is 6.01. The van der Waals surface area contributed by atoms with Gasteiger partial charge in [0.1, 0.15) is 18.1 Å². The van der Waals surface area contributed by atoms with Crippen LogP contribution in [0.5, 0.6) is 0 Å². The number of aliphatic carboxylic acids is 2. The maximum Gasteiger partial charge on any atom is 0.326 e. The van der Waals surface area contributed by atoms with Crippen molar-refractivity contribution in [2.24, 2.45) is 11.5 Å². The number of nitrogens with two attached hydrogens (primary N) is 2. The lowest BCUT2D eigenvalue weighted by molar-refractivity contribution is -0.149. The first kappa shape index (κ1) is 29.2. The molecule has 4 atom stereocenters. The van der Waals surface area contributed by atoms with E-state index in [-0.39, 0.29) is 32.2 Å². The van der Waals surface area contributed by atoms with E-state index in [1.54, 1.807) is 0 Å². The molecule has 14 heteroatoms. The van der Waals surface area contributed by atoms with E-state index >= 15 is 0 Å². The van der Waals surface area contributed by atoms with Crippen LogP contribution in [0.25, 0.3) is 0 Å². The number of amides is 4. The van der Waals surface area contributed by atoms with Crippen LogP contribution in [0.15, 0.2) is 0 Å². The number of hydrogen-bond acceptors (Lipinski definition) is 8. The monoisotopic (exact) mass is 503 g/mol. The van der Waals surface area contributed by atoms with Crippen molar-refractivity contribution in [3.63, 3.8) is 0 Å². The number of rotatable bonds is 15. The van der Waals surface area contributed by atoms with Crippen molar-refractivity contribution in [2.45, 2.75) is 69.1 Å². The van der Waals surface area contributed by atoms with Gasteiger partial charge in [0.15, 0.2) is 0 Å². The van der Waals surface area contributed by atoms with Gasteiger partial charge in [0, 0.05) is 19.4 Å². The summed E-state index contributed by atoms with van der Waals surface area (Å²) in [5.41, 5.74) is 10.8. The Bertz CT molecular complexity index is 780. The van der Waals surface area contributed by atoms with Crippen molar-refractivity contribution in [3.8, 4) is 0 Å². The molecule has 13 nitrogen and oxygen atoms in total. The summed E-state index contributed by atoms with van der Waals surface area (Å²) < 4.78 is 0. The molecule has 0 aromatic rings. The summed E-state index contributed by atoms with van der Waals surface area (Å²) in [5, 5.41) is 23.3. The quantitative estimate of drug-likeness (QED) is 0.148. The molecule has 1 rings (SSSR count). The Morgan fingerprint density at radius 3 is 2.21 bits per heavy atom. The number of carboxylic acids is 2. The summed E-state index contributed by atoms with van der Waals surface area (Å²) in [5.74, 6) is -4.59. The van der Waals surface area contributed by atoms with Gasteiger partial charge in [0.25, 0.3) is 0 Å². The van der Waals surface area contributed by atoms with Crippen LogP contribution in [0.4, 0.5) is 0 Å². The van der Waals surface area contributed by atoms with Gasteiger partial charge < -0.3 is 37.2 Å². The van der Waals surface area contributed by atoms with Gasteiger partial charge in [-0.2, -0.15) is 11.8 Å². The zero-order chi connectivity index (χ0) is 25.8. The summed E-state index contributed by atoms with van der Waals surface area (Å²) in [6.45, 7) is 0.245. The summed E-state index contributed by atoms with van der Waals surface area (Å²) in [6, 6.07) is -4.48. The molecule has 0 spiro atoms. The van der Waals surface area contributed by atoms with Gasteiger partial charge in [0.05, 0.1) is 6.04 Å². The SMILES string of the molecule is CSCCC(NC(=O)C(CCC(=O)O)NC(=O)C(N)CCC(N)=O)C(=O)N1CCCC1C(=O)O. The molecule has 1 aliphatic rings. The minimum atomic E-state index is -1.30. The van der Waals surface area contributed by atoms with Crippen LogP contribution >= 0.6 is 11.8 Å². The number of hydrogen-bond donors (Lipinski definition) is 6. The fourth-order valence-corrected chi connectivity index (χ4v) is 3.97. The maximum absolute atomic E-state index is 13.1. The van der Waals surface area contributed by atoms with Crippen molar-refractivity contribution < 1.29 is 39.0 Å². The predicted molar refractivity (Wildman–Crippen MR) is 123 cm³/mol. The number of carbonyl (C=O) groups is 6. The predicted octanol–water partition coefficient (Wildman–Crippen LogP) is -1.76. The van der Waals surface area contributed by atoms with E-state index in [1.807, 2.05) is 6.26 Å². The maximum atomic E-state index is 13.1. The largest absolute Gasteiger partial charge is 0.481 e. The summed E-state index contributed by atoms with van der Waals surface area (Å²) >= 11 is 1.43. The van der Waals surface area contributed by atoms with Crippen LogP contribution < -0.4 is 22.1 Å². The molecule has 192 valence electrons. The van der Waals surface area contributed by atoms with Crippen molar-refractivity contribution in [2.75, 3.05) is 18.6 Å². The third kappa shape index (κ3) is 9.55. The minimum absolute atomic E-state index is 0.0607. The van der Waals surface area contributed by atoms with Crippen LogP contribution in [0.3, 0.4) is 0 Å². The Morgan fingerprint density at radius 2 is 1.65 bits per heavy atom. The number of carbonyl (C=O) groups excluding carboxylic acids is 4. The van der Waals surface area contributed by atoms with Gasteiger partial charge >= 0.3 is 11.9 Å². The van der Waals surface area contributed by atoms with Crippen molar-refractivity contribution in [3.05, 3.63) is 0 Å². The molecule has 0 bridgehead atoms. The zero-order valence-corrected chi connectivity index (χ0v) is 19.8. The number of nitrogens with one attached hydrogen (secondary N) is 2. The van der Waals surface area contributed by atoms with Crippen LogP contribution in [0.1, 0.15) is 44.9 Å². The van der Waals surface area contributed by atoms with E-state index < -0.39 is 66.2 Å². The second-order valence-electron chi connectivity index (χ2n) is 7.98. The molecule has 0 aromatic carbocycles. The Labute approximate surface area is 201 Å². The van der Waals surface area contributed by atoms with E-state index in [2.05, 4.69) is 10.6 Å². The third-order valence-electron chi connectivity index (χ3n) is 5.36. The molecule has 1 saturated heterocycles.